The summed E-state index contributed by atoms with van der Waals surface area (Å²) in [5.41, 5.74) is 7.09. The maximum Gasteiger partial charge on any atom is 0.327 e. The molecule has 0 aromatic heterocycles. The van der Waals surface area contributed by atoms with E-state index in [1.54, 1.807) is 20.3 Å². The van der Waals surface area contributed by atoms with Crippen molar-refractivity contribution in [2.75, 3.05) is 20.8 Å². The molecule has 0 saturated heterocycles. The number of benzene rings is 2. The molecule has 2 aromatic rings. The molecule has 4 heteroatoms. The monoisotopic (exact) mass is 653 g/mol. The molecule has 0 amide bonds. The number of carboxylic acids is 1. The minimum atomic E-state index is -0.876. The van der Waals surface area contributed by atoms with Crippen molar-refractivity contribution in [3.05, 3.63) is 82.9 Å². The van der Waals surface area contributed by atoms with Crippen molar-refractivity contribution in [2.45, 2.75) is 122 Å². The van der Waals surface area contributed by atoms with E-state index in [-0.39, 0.29) is 5.41 Å². The maximum absolute atomic E-state index is 9.82. The summed E-state index contributed by atoms with van der Waals surface area (Å²) in [7, 11) is 3.53. The zero-order valence-corrected chi connectivity index (χ0v) is 33.2. The van der Waals surface area contributed by atoms with Crippen LogP contribution < -0.4 is 4.74 Å². The Morgan fingerprint density at radius 3 is 1.74 bits per heavy atom. The minimum Gasteiger partial charge on any atom is -0.496 e. The number of carboxylic acid groups (broad SMARTS) is 1. The lowest BCUT2D eigenvalue weighted by Crippen LogP contribution is -2.22. The molecular weight excluding hydrogens is 580 g/mol. The Balaban J connectivity index is 0. The lowest BCUT2D eigenvalue weighted by Gasteiger charge is -2.31. The van der Waals surface area contributed by atoms with Crippen LogP contribution in [0.25, 0.3) is 6.08 Å². The molecular formula is C43H72O4. The lowest BCUT2D eigenvalue weighted by atomic mass is 9.75. The van der Waals surface area contributed by atoms with Gasteiger partial charge in [-0.2, -0.15) is 0 Å². The molecule has 4 nitrogen and oxygen atoms in total. The summed E-state index contributed by atoms with van der Waals surface area (Å²) in [6, 6.07) is 13.0. The molecule has 2 aromatic carbocycles. The van der Waals surface area contributed by atoms with Crippen LogP contribution in [0.3, 0.4) is 0 Å². The number of methoxy groups -OCH3 is 2. The molecule has 0 saturated carbocycles. The topological polar surface area (TPSA) is 55.8 Å². The molecule has 0 aliphatic carbocycles. The SMILES string of the molecule is C=Cc1ccc(CC(C)C)cc1.CC(C)/C=C/C(=O)O.COCC(C)(C)CC(C)C.COc1cc(C)cc(C)c1C(C)(C)CC(C)C. The third-order valence-corrected chi connectivity index (χ3v) is 7.24. The van der Waals surface area contributed by atoms with Gasteiger partial charge in [-0.1, -0.05) is 132 Å². The van der Waals surface area contributed by atoms with E-state index in [2.05, 4.69) is 126 Å². The largest absolute Gasteiger partial charge is 0.496 e. The molecule has 0 aliphatic rings. The number of hydrogen-bond acceptors (Lipinski definition) is 3. The lowest BCUT2D eigenvalue weighted by molar-refractivity contribution is -0.131. The van der Waals surface area contributed by atoms with Crippen molar-refractivity contribution < 1.29 is 19.4 Å². The van der Waals surface area contributed by atoms with Gasteiger partial charge in [0, 0.05) is 18.7 Å². The maximum atomic E-state index is 9.82. The van der Waals surface area contributed by atoms with Gasteiger partial charge < -0.3 is 14.6 Å². The molecule has 2 rings (SSSR count). The van der Waals surface area contributed by atoms with E-state index >= 15 is 0 Å². The molecule has 0 fully saturated rings. The van der Waals surface area contributed by atoms with Gasteiger partial charge in [0.2, 0.25) is 0 Å². The number of ether oxygens (including phenoxy) is 2. The van der Waals surface area contributed by atoms with E-state index in [1.807, 2.05) is 19.9 Å². The van der Waals surface area contributed by atoms with E-state index < -0.39 is 5.97 Å². The summed E-state index contributed by atoms with van der Waals surface area (Å²) in [5.74, 6) is 2.68. The summed E-state index contributed by atoms with van der Waals surface area (Å²) in [5, 5.41) is 8.08. The molecule has 1 N–H and O–H groups in total. The number of allylic oxidation sites excluding steroid dienone is 1. The summed E-state index contributed by atoms with van der Waals surface area (Å²) in [4.78, 5) is 9.82. The van der Waals surface area contributed by atoms with Crippen LogP contribution in [0.15, 0.2) is 55.1 Å². The smallest absolute Gasteiger partial charge is 0.327 e. The third kappa shape index (κ3) is 23.2. The van der Waals surface area contributed by atoms with Crippen molar-refractivity contribution in [1.29, 1.82) is 0 Å². The minimum absolute atomic E-state index is 0.164. The number of rotatable bonds is 13. The molecule has 0 atom stereocenters. The molecule has 0 radical (unpaired) electrons. The highest BCUT2D eigenvalue weighted by Crippen LogP contribution is 2.39. The van der Waals surface area contributed by atoms with E-state index in [0.29, 0.717) is 17.3 Å². The fourth-order valence-electron chi connectivity index (χ4n) is 6.17. The molecule has 0 heterocycles. The van der Waals surface area contributed by atoms with E-state index in [1.165, 1.54) is 40.7 Å². The van der Waals surface area contributed by atoms with Gasteiger partial charge in [0.1, 0.15) is 5.75 Å². The van der Waals surface area contributed by atoms with Crippen molar-refractivity contribution in [1.82, 2.24) is 0 Å². The Morgan fingerprint density at radius 1 is 0.851 bits per heavy atom. The molecule has 0 bridgehead atoms. The first-order valence-corrected chi connectivity index (χ1v) is 17.4. The van der Waals surface area contributed by atoms with Crippen LogP contribution in [-0.2, 0) is 21.4 Å². The normalized spacial score (nSPS) is 11.5. The number of aryl methyl sites for hydroxylation is 2. The summed E-state index contributed by atoms with van der Waals surface area (Å²) >= 11 is 0. The Morgan fingerprint density at radius 2 is 1.38 bits per heavy atom. The highest BCUT2D eigenvalue weighted by molar-refractivity contribution is 5.79. The Kier molecular flexibility index (Phi) is 23.1. The number of carbonyl (C=O) groups is 1. The van der Waals surface area contributed by atoms with Gasteiger partial charge in [0.05, 0.1) is 13.7 Å². The van der Waals surface area contributed by atoms with E-state index in [4.69, 9.17) is 14.6 Å². The van der Waals surface area contributed by atoms with Crippen LogP contribution in [0.4, 0.5) is 0 Å². The summed E-state index contributed by atoms with van der Waals surface area (Å²) in [6.07, 6.45) is 8.25. The van der Waals surface area contributed by atoms with Gasteiger partial charge in [0.25, 0.3) is 0 Å². The molecule has 0 spiro atoms. The zero-order valence-electron chi connectivity index (χ0n) is 33.2. The van der Waals surface area contributed by atoms with Gasteiger partial charge in [-0.25, -0.2) is 4.79 Å². The number of aliphatic carboxylic acids is 1. The summed E-state index contributed by atoms with van der Waals surface area (Å²) in [6.45, 7) is 35.4. The predicted octanol–water partition coefficient (Wildman–Crippen LogP) is 12.2. The highest BCUT2D eigenvalue weighted by Gasteiger charge is 2.27. The molecule has 268 valence electrons. The second-order valence-electron chi connectivity index (χ2n) is 15.8. The van der Waals surface area contributed by atoms with Crippen LogP contribution >= 0.6 is 0 Å². The Hall–Kier alpha value is -2.85. The van der Waals surface area contributed by atoms with Crippen LogP contribution in [-0.4, -0.2) is 31.9 Å². The average molecular weight is 653 g/mol. The first kappa shape index (κ1) is 46.3. The fraction of sp³-hybridized carbons (Fsp3) is 0.605. The average Bonchev–Trinajstić information content (AvgIpc) is 2.91. The van der Waals surface area contributed by atoms with E-state index in [0.717, 1.165) is 36.7 Å². The van der Waals surface area contributed by atoms with Crippen molar-refractivity contribution in [2.24, 2.45) is 29.1 Å². The van der Waals surface area contributed by atoms with Crippen molar-refractivity contribution in [3.8, 4) is 5.75 Å². The Bertz CT molecular complexity index is 1170. The molecule has 47 heavy (non-hydrogen) atoms. The Labute approximate surface area is 291 Å². The van der Waals surface area contributed by atoms with Crippen LogP contribution in [0, 0.1) is 42.9 Å². The van der Waals surface area contributed by atoms with Crippen LogP contribution in [0.2, 0.25) is 0 Å². The van der Waals surface area contributed by atoms with Crippen LogP contribution in [0.5, 0.6) is 5.75 Å². The first-order chi connectivity index (χ1) is 21.6. The van der Waals surface area contributed by atoms with Gasteiger partial charge >= 0.3 is 5.97 Å². The molecule has 0 aliphatic heterocycles. The van der Waals surface area contributed by atoms with Gasteiger partial charge in [-0.05, 0) is 95.9 Å². The second kappa shape index (κ2) is 23.5. The highest BCUT2D eigenvalue weighted by atomic mass is 16.5. The zero-order chi connectivity index (χ0) is 37.0. The van der Waals surface area contributed by atoms with Crippen molar-refractivity contribution >= 4 is 12.0 Å². The van der Waals surface area contributed by atoms with Crippen molar-refractivity contribution in [3.63, 3.8) is 0 Å². The van der Waals surface area contributed by atoms with Crippen LogP contribution in [0.1, 0.15) is 124 Å². The third-order valence-electron chi connectivity index (χ3n) is 7.24. The predicted molar refractivity (Wildman–Crippen MR) is 207 cm³/mol. The standard InChI is InChI=1S/C16H26O.C12H16.C9H20O.C6H10O2/c1-11(2)10-16(5,6)15-13(4)8-12(3)9-14(15)17-7;1-4-11-5-7-12(8-6-11)9-10(2)3;1-8(2)6-9(3,4)7-10-5;1-5(2)3-4-6(7)8/h8-9,11H,10H2,1-7H3;4-8,10H,1,9H2,2-3H3;8H,6-7H2,1-5H3;3-5H,1-2H3,(H,7,8)/b;;;4-3+. The molecule has 0 unspecified atom stereocenters. The summed E-state index contributed by atoms with van der Waals surface area (Å²) < 4.78 is 10.7. The first-order valence-electron chi connectivity index (χ1n) is 17.4. The van der Waals surface area contributed by atoms with Gasteiger partial charge in [0.15, 0.2) is 0 Å². The second-order valence-corrected chi connectivity index (χ2v) is 15.8. The quantitative estimate of drug-likeness (QED) is 0.219. The van der Waals surface area contributed by atoms with Gasteiger partial charge in [-0.15, -0.1) is 0 Å². The van der Waals surface area contributed by atoms with E-state index in [9.17, 15) is 4.79 Å². The number of hydrogen-bond donors (Lipinski definition) is 1. The van der Waals surface area contributed by atoms with Gasteiger partial charge in [-0.3, -0.25) is 0 Å². The fourth-order valence-corrected chi connectivity index (χ4v) is 6.17.